The third-order valence-electron chi connectivity index (χ3n) is 3.67. The van der Waals surface area contributed by atoms with Gasteiger partial charge in [-0.3, -0.25) is 4.79 Å². The number of carbonyl (C=O) groups excluding carboxylic acids is 1. The van der Waals surface area contributed by atoms with Crippen LogP contribution in [0, 0.1) is 5.82 Å². The maximum absolute atomic E-state index is 13.8. The topological polar surface area (TPSA) is 66.9 Å². The van der Waals surface area contributed by atoms with Crippen LogP contribution in [0.25, 0.3) is 0 Å². The Hall–Kier alpha value is -3.28. The number of nitrogens with one attached hydrogen (secondary N) is 2. The van der Waals surface area contributed by atoms with Crippen molar-refractivity contribution in [3.05, 3.63) is 83.9 Å². The normalized spacial score (nSPS) is 11.6. The minimum absolute atomic E-state index is 0.284. The van der Waals surface area contributed by atoms with Gasteiger partial charge in [0.2, 0.25) is 5.95 Å². The molecule has 0 aliphatic carbocycles. The lowest BCUT2D eigenvalue weighted by Gasteiger charge is -2.15. The largest absolute Gasteiger partial charge is 0.345 e. The molecule has 1 heterocycles. The molecule has 0 fully saturated rings. The van der Waals surface area contributed by atoms with Gasteiger partial charge < -0.3 is 10.6 Å². The Morgan fingerprint density at radius 1 is 1.04 bits per heavy atom. The van der Waals surface area contributed by atoms with Gasteiger partial charge in [0.25, 0.3) is 5.91 Å². The average Bonchev–Trinajstić information content (AvgIpc) is 2.63. The molecular formula is C19H17FN4O. The van der Waals surface area contributed by atoms with Gasteiger partial charge in [0.15, 0.2) is 0 Å². The number of hydrogen-bond acceptors (Lipinski definition) is 4. The summed E-state index contributed by atoms with van der Waals surface area (Å²) in [6.07, 6.45) is 3.25. The van der Waals surface area contributed by atoms with Crippen LogP contribution in [0.15, 0.2) is 67.0 Å². The molecule has 0 bridgehead atoms. The molecule has 1 atom stereocenters. The van der Waals surface area contributed by atoms with Gasteiger partial charge in [0, 0.05) is 29.2 Å². The van der Waals surface area contributed by atoms with Crippen LogP contribution >= 0.6 is 0 Å². The lowest BCUT2D eigenvalue weighted by Crippen LogP contribution is -2.27. The van der Waals surface area contributed by atoms with Gasteiger partial charge in [-0.1, -0.05) is 24.3 Å². The molecule has 5 nitrogen and oxygen atoms in total. The van der Waals surface area contributed by atoms with Crippen LogP contribution in [-0.2, 0) is 0 Å². The highest BCUT2D eigenvalue weighted by Gasteiger charge is 2.14. The van der Waals surface area contributed by atoms with Crippen molar-refractivity contribution in [1.82, 2.24) is 15.3 Å². The molecule has 1 unspecified atom stereocenters. The first-order chi connectivity index (χ1) is 12.1. The Kier molecular flexibility index (Phi) is 4.99. The number of rotatable bonds is 5. The molecule has 2 aromatic carbocycles. The molecule has 0 saturated heterocycles. The SMILES string of the molecule is CC(NC(=O)c1cccc(Nc2ncccn2)c1)c1ccccc1F. The van der Waals surface area contributed by atoms with Gasteiger partial charge in [-0.2, -0.15) is 0 Å². The number of nitrogens with zero attached hydrogens (tertiary/aromatic N) is 2. The third-order valence-corrected chi connectivity index (χ3v) is 3.67. The Labute approximate surface area is 145 Å². The second-order valence-electron chi connectivity index (χ2n) is 5.49. The number of carbonyl (C=O) groups is 1. The van der Waals surface area contributed by atoms with Crippen molar-refractivity contribution in [2.45, 2.75) is 13.0 Å². The number of anilines is 2. The van der Waals surface area contributed by atoms with Crippen molar-refractivity contribution in [3.8, 4) is 0 Å². The fourth-order valence-corrected chi connectivity index (χ4v) is 2.41. The highest BCUT2D eigenvalue weighted by molar-refractivity contribution is 5.95. The minimum atomic E-state index is -0.442. The first-order valence-electron chi connectivity index (χ1n) is 7.83. The van der Waals surface area contributed by atoms with Gasteiger partial charge in [0.1, 0.15) is 5.82 Å². The van der Waals surface area contributed by atoms with Crippen LogP contribution in [0.4, 0.5) is 16.0 Å². The van der Waals surface area contributed by atoms with Gasteiger partial charge in [-0.05, 0) is 37.3 Å². The molecule has 0 spiro atoms. The summed E-state index contributed by atoms with van der Waals surface area (Å²) in [7, 11) is 0. The molecule has 1 amide bonds. The van der Waals surface area contributed by atoms with Crippen LogP contribution in [0.5, 0.6) is 0 Å². The molecule has 25 heavy (non-hydrogen) atoms. The average molecular weight is 336 g/mol. The van der Waals surface area contributed by atoms with E-state index in [-0.39, 0.29) is 11.7 Å². The van der Waals surface area contributed by atoms with Crippen LogP contribution in [-0.4, -0.2) is 15.9 Å². The lowest BCUT2D eigenvalue weighted by atomic mass is 10.1. The second-order valence-corrected chi connectivity index (χ2v) is 5.49. The van der Waals surface area contributed by atoms with E-state index in [9.17, 15) is 9.18 Å². The minimum Gasteiger partial charge on any atom is -0.345 e. The molecule has 0 aliphatic rings. The van der Waals surface area contributed by atoms with Crippen LogP contribution in [0.3, 0.4) is 0 Å². The number of halogens is 1. The van der Waals surface area contributed by atoms with Gasteiger partial charge in [0.05, 0.1) is 6.04 Å². The smallest absolute Gasteiger partial charge is 0.251 e. The number of aromatic nitrogens is 2. The highest BCUT2D eigenvalue weighted by Crippen LogP contribution is 2.18. The first-order valence-corrected chi connectivity index (χ1v) is 7.83. The van der Waals surface area contributed by atoms with Crippen molar-refractivity contribution < 1.29 is 9.18 Å². The van der Waals surface area contributed by atoms with Crippen molar-refractivity contribution in [2.24, 2.45) is 0 Å². The summed E-state index contributed by atoms with van der Waals surface area (Å²) in [5.74, 6) is -0.180. The van der Waals surface area contributed by atoms with Crippen LogP contribution < -0.4 is 10.6 Å². The molecule has 0 saturated carbocycles. The lowest BCUT2D eigenvalue weighted by molar-refractivity contribution is 0.0939. The maximum Gasteiger partial charge on any atom is 0.251 e. The number of amides is 1. The van der Waals surface area contributed by atoms with E-state index in [2.05, 4.69) is 20.6 Å². The standard InChI is InChI=1S/C19H17FN4O/c1-13(16-8-2-3-9-17(16)20)23-18(25)14-6-4-7-15(12-14)24-19-21-10-5-11-22-19/h2-13H,1H3,(H,23,25)(H,21,22,24). The Morgan fingerprint density at radius 2 is 1.80 bits per heavy atom. The fourth-order valence-electron chi connectivity index (χ4n) is 2.41. The summed E-state index contributed by atoms with van der Waals surface area (Å²) in [6.45, 7) is 1.75. The zero-order valence-corrected chi connectivity index (χ0v) is 13.6. The summed E-state index contributed by atoms with van der Waals surface area (Å²) in [4.78, 5) is 20.6. The summed E-state index contributed by atoms with van der Waals surface area (Å²) < 4.78 is 13.8. The molecule has 3 aromatic rings. The van der Waals surface area contributed by atoms with E-state index in [0.29, 0.717) is 22.8 Å². The molecule has 1 aromatic heterocycles. The zero-order chi connectivity index (χ0) is 17.6. The number of benzene rings is 2. The van der Waals surface area contributed by atoms with E-state index in [1.807, 2.05) is 6.07 Å². The summed E-state index contributed by atoms with van der Waals surface area (Å²) in [5, 5.41) is 5.84. The summed E-state index contributed by atoms with van der Waals surface area (Å²) in [5.41, 5.74) is 1.60. The van der Waals surface area contributed by atoms with Gasteiger partial charge >= 0.3 is 0 Å². The molecule has 0 radical (unpaired) electrons. The Balaban J connectivity index is 1.72. The predicted octanol–water partition coefficient (Wildman–Crippen LogP) is 3.85. The van der Waals surface area contributed by atoms with E-state index in [0.717, 1.165) is 0 Å². The van der Waals surface area contributed by atoms with E-state index in [4.69, 9.17) is 0 Å². The van der Waals surface area contributed by atoms with Crippen molar-refractivity contribution in [2.75, 3.05) is 5.32 Å². The molecular weight excluding hydrogens is 319 g/mol. The van der Waals surface area contributed by atoms with Crippen molar-refractivity contribution >= 4 is 17.5 Å². The molecule has 2 N–H and O–H groups in total. The summed E-state index contributed by atoms with van der Waals surface area (Å²) in [6, 6.07) is 14.6. The van der Waals surface area contributed by atoms with Crippen LogP contribution in [0.1, 0.15) is 28.9 Å². The van der Waals surface area contributed by atoms with Gasteiger partial charge in [-0.15, -0.1) is 0 Å². The van der Waals surface area contributed by atoms with E-state index >= 15 is 0 Å². The predicted molar refractivity (Wildman–Crippen MR) is 94.0 cm³/mol. The molecule has 126 valence electrons. The quantitative estimate of drug-likeness (QED) is 0.743. The zero-order valence-electron chi connectivity index (χ0n) is 13.6. The maximum atomic E-state index is 13.8. The van der Waals surface area contributed by atoms with Crippen molar-refractivity contribution in [3.63, 3.8) is 0 Å². The molecule has 0 aliphatic heterocycles. The number of hydrogen-bond donors (Lipinski definition) is 2. The first kappa shape index (κ1) is 16.6. The van der Waals surface area contributed by atoms with E-state index < -0.39 is 6.04 Å². The second kappa shape index (κ2) is 7.53. The monoisotopic (exact) mass is 336 g/mol. The Morgan fingerprint density at radius 3 is 2.56 bits per heavy atom. The Bertz CT molecular complexity index is 870. The molecule has 6 heteroatoms. The van der Waals surface area contributed by atoms with E-state index in [1.54, 1.807) is 61.8 Å². The fraction of sp³-hybridized carbons (Fsp3) is 0.105. The van der Waals surface area contributed by atoms with Crippen molar-refractivity contribution in [1.29, 1.82) is 0 Å². The highest BCUT2D eigenvalue weighted by atomic mass is 19.1. The third kappa shape index (κ3) is 4.17. The molecule has 3 rings (SSSR count). The van der Waals surface area contributed by atoms with E-state index in [1.165, 1.54) is 6.07 Å². The van der Waals surface area contributed by atoms with Crippen LogP contribution in [0.2, 0.25) is 0 Å². The summed E-state index contributed by atoms with van der Waals surface area (Å²) >= 11 is 0. The van der Waals surface area contributed by atoms with Gasteiger partial charge in [-0.25, -0.2) is 14.4 Å².